The van der Waals surface area contributed by atoms with Gasteiger partial charge in [-0.3, -0.25) is 4.90 Å². The largest absolute Gasteiger partial charge is 0.391 e. The first-order chi connectivity index (χ1) is 12.2. The second-order valence-corrected chi connectivity index (χ2v) is 7.65. The topological polar surface area (TPSA) is 54.2 Å². The number of aliphatic hydroxyl groups is 1. The number of allylic oxidation sites excluding steroid dienone is 1. The lowest BCUT2D eigenvalue weighted by Gasteiger charge is -2.20. The monoisotopic (exact) mass is 358 g/mol. The van der Waals surface area contributed by atoms with Crippen LogP contribution in [0.15, 0.2) is 48.1 Å². The minimum atomic E-state index is -0.406. The quantitative estimate of drug-likeness (QED) is 0.523. The summed E-state index contributed by atoms with van der Waals surface area (Å²) in [4.78, 5) is 2.14. The number of hydrogen-bond donors (Lipinski definition) is 1. The maximum atomic E-state index is 10.4. The van der Waals surface area contributed by atoms with E-state index in [4.69, 9.17) is 0 Å². The third-order valence-corrected chi connectivity index (χ3v) is 5.33. The number of rotatable bonds is 10. The molecule has 1 atom stereocenters. The van der Waals surface area contributed by atoms with Crippen LogP contribution in [0.4, 0.5) is 0 Å². The van der Waals surface area contributed by atoms with Gasteiger partial charge in [-0.25, -0.2) is 0 Å². The van der Waals surface area contributed by atoms with Crippen LogP contribution in [0, 0.1) is 0 Å². The van der Waals surface area contributed by atoms with E-state index in [2.05, 4.69) is 38.4 Å². The van der Waals surface area contributed by atoms with Crippen molar-refractivity contribution in [3.63, 3.8) is 0 Å². The highest BCUT2D eigenvalue weighted by atomic mass is 32.2. The molecular formula is C19H26N4OS. The molecule has 0 aliphatic heterocycles. The Bertz CT molecular complexity index is 684. The van der Waals surface area contributed by atoms with E-state index >= 15 is 0 Å². The average molecular weight is 359 g/mol. The fraction of sp³-hybridized carbons (Fsp3) is 0.474. The zero-order chi connectivity index (χ0) is 17.6. The summed E-state index contributed by atoms with van der Waals surface area (Å²) in [5.41, 5.74) is 1.25. The molecule has 0 radical (unpaired) electrons. The van der Waals surface area contributed by atoms with Crippen molar-refractivity contribution in [2.75, 3.05) is 19.3 Å². The van der Waals surface area contributed by atoms with E-state index in [-0.39, 0.29) is 0 Å². The third-order valence-electron chi connectivity index (χ3n) is 4.22. The van der Waals surface area contributed by atoms with E-state index in [1.165, 1.54) is 18.4 Å². The molecule has 0 bridgehead atoms. The highest BCUT2D eigenvalue weighted by Crippen LogP contribution is 2.40. The van der Waals surface area contributed by atoms with Gasteiger partial charge in [-0.2, -0.15) is 0 Å². The van der Waals surface area contributed by atoms with Gasteiger partial charge < -0.3 is 9.67 Å². The average Bonchev–Trinajstić information content (AvgIpc) is 3.36. The molecule has 1 aromatic heterocycles. The highest BCUT2D eigenvalue weighted by Gasteiger charge is 2.30. The Morgan fingerprint density at radius 3 is 2.80 bits per heavy atom. The van der Waals surface area contributed by atoms with Crippen LogP contribution in [0.3, 0.4) is 0 Å². The number of benzene rings is 1. The molecular weight excluding hydrogens is 332 g/mol. The first-order valence-electron chi connectivity index (χ1n) is 8.74. The van der Waals surface area contributed by atoms with Gasteiger partial charge in [0, 0.05) is 31.3 Å². The molecule has 6 heteroatoms. The SMILES string of the molecule is C=CCn1c(SCC(O)CN(C)Cc2ccccc2)nnc1C1CC1. The summed E-state index contributed by atoms with van der Waals surface area (Å²) in [7, 11) is 2.03. The number of thioether (sulfide) groups is 1. The van der Waals surface area contributed by atoms with Crippen LogP contribution < -0.4 is 0 Å². The summed E-state index contributed by atoms with van der Waals surface area (Å²) < 4.78 is 2.13. The van der Waals surface area contributed by atoms with E-state index in [1.54, 1.807) is 11.8 Å². The van der Waals surface area contributed by atoms with Gasteiger partial charge in [0.25, 0.3) is 0 Å². The molecule has 5 nitrogen and oxygen atoms in total. The minimum absolute atomic E-state index is 0.406. The first-order valence-corrected chi connectivity index (χ1v) is 9.73. The molecule has 3 rings (SSSR count). The molecule has 134 valence electrons. The molecule has 25 heavy (non-hydrogen) atoms. The lowest BCUT2D eigenvalue weighted by molar-refractivity contribution is 0.142. The maximum Gasteiger partial charge on any atom is 0.191 e. The third kappa shape index (κ3) is 5.17. The molecule has 1 fully saturated rings. The number of nitrogens with zero attached hydrogens (tertiary/aromatic N) is 4. The first kappa shape index (κ1) is 18.2. The van der Waals surface area contributed by atoms with E-state index in [0.717, 1.165) is 24.1 Å². The Morgan fingerprint density at radius 2 is 2.12 bits per heavy atom. The minimum Gasteiger partial charge on any atom is -0.391 e. The summed E-state index contributed by atoms with van der Waals surface area (Å²) in [5.74, 6) is 2.24. The van der Waals surface area contributed by atoms with Gasteiger partial charge in [0.15, 0.2) is 5.16 Å². The van der Waals surface area contributed by atoms with E-state index in [1.807, 2.05) is 31.3 Å². The molecule has 1 aliphatic rings. The summed E-state index contributed by atoms with van der Waals surface area (Å²) in [6, 6.07) is 10.3. The van der Waals surface area contributed by atoms with Crippen LogP contribution in [-0.2, 0) is 13.1 Å². The summed E-state index contributed by atoms with van der Waals surface area (Å²) >= 11 is 1.57. The summed E-state index contributed by atoms with van der Waals surface area (Å²) in [6.07, 6.45) is 3.88. The Labute approximate surface area is 153 Å². The fourth-order valence-electron chi connectivity index (χ4n) is 2.89. The zero-order valence-corrected chi connectivity index (χ0v) is 15.5. The number of aliphatic hydroxyl groups excluding tert-OH is 1. The van der Waals surface area contributed by atoms with Gasteiger partial charge in [-0.15, -0.1) is 16.8 Å². The van der Waals surface area contributed by atoms with Crippen molar-refractivity contribution in [3.8, 4) is 0 Å². The lowest BCUT2D eigenvalue weighted by atomic mass is 10.2. The molecule has 0 amide bonds. The van der Waals surface area contributed by atoms with Crippen molar-refractivity contribution in [2.45, 2.75) is 43.1 Å². The van der Waals surface area contributed by atoms with Crippen LogP contribution in [0.25, 0.3) is 0 Å². The normalized spacial score (nSPS) is 15.5. The van der Waals surface area contributed by atoms with Crippen LogP contribution in [0.5, 0.6) is 0 Å². The van der Waals surface area contributed by atoms with Gasteiger partial charge in [0.05, 0.1) is 6.10 Å². The van der Waals surface area contributed by atoms with Gasteiger partial charge in [-0.05, 0) is 25.5 Å². The molecule has 1 saturated carbocycles. The van der Waals surface area contributed by atoms with Crippen molar-refractivity contribution >= 4 is 11.8 Å². The van der Waals surface area contributed by atoms with E-state index < -0.39 is 6.10 Å². The number of likely N-dealkylation sites (N-methyl/N-ethyl adjacent to an activating group) is 1. The maximum absolute atomic E-state index is 10.4. The van der Waals surface area contributed by atoms with Gasteiger partial charge in [0.2, 0.25) is 0 Å². The molecule has 2 aromatic rings. The van der Waals surface area contributed by atoms with Crippen LogP contribution in [-0.4, -0.2) is 50.2 Å². The Balaban J connectivity index is 1.50. The Kier molecular flexibility index (Phi) is 6.29. The fourth-order valence-corrected chi connectivity index (χ4v) is 3.76. The molecule has 1 heterocycles. The van der Waals surface area contributed by atoms with Gasteiger partial charge in [-0.1, -0.05) is 48.2 Å². The number of hydrogen-bond acceptors (Lipinski definition) is 5. The van der Waals surface area contributed by atoms with E-state index in [0.29, 0.717) is 18.2 Å². The molecule has 1 aliphatic carbocycles. The molecule has 1 unspecified atom stereocenters. The summed E-state index contributed by atoms with van der Waals surface area (Å²) in [6.45, 7) is 6.02. The predicted molar refractivity (Wildman–Crippen MR) is 102 cm³/mol. The number of aromatic nitrogens is 3. The van der Waals surface area contributed by atoms with Crippen molar-refractivity contribution in [1.82, 2.24) is 19.7 Å². The molecule has 1 aromatic carbocycles. The van der Waals surface area contributed by atoms with Crippen LogP contribution in [0.2, 0.25) is 0 Å². The second kappa shape index (κ2) is 8.65. The van der Waals surface area contributed by atoms with Gasteiger partial charge in [0.1, 0.15) is 5.82 Å². The highest BCUT2D eigenvalue weighted by molar-refractivity contribution is 7.99. The summed E-state index contributed by atoms with van der Waals surface area (Å²) in [5, 5.41) is 19.9. The van der Waals surface area contributed by atoms with Crippen molar-refractivity contribution in [2.24, 2.45) is 0 Å². The molecule has 0 spiro atoms. The van der Waals surface area contributed by atoms with Crippen molar-refractivity contribution in [3.05, 3.63) is 54.4 Å². The smallest absolute Gasteiger partial charge is 0.191 e. The predicted octanol–water partition coefficient (Wildman–Crippen LogP) is 2.93. The van der Waals surface area contributed by atoms with Crippen molar-refractivity contribution in [1.29, 1.82) is 0 Å². The second-order valence-electron chi connectivity index (χ2n) is 6.66. The molecule has 1 N–H and O–H groups in total. The molecule has 0 saturated heterocycles. The van der Waals surface area contributed by atoms with Crippen LogP contribution in [0.1, 0.15) is 30.1 Å². The zero-order valence-electron chi connectivity index (χ0n) is 14.7. The lowest BCUT2D eigenvalue weighted by Crippen LogP contribution is -2.30. The van der Waals surface area contributed by atoms with Crippen LogP contribution >= 0.6 is 11.8 Å². The van der Waals surface area contributed by atoms with E-state index in [9.17, 15) is 5.11 Å². The van der Waals surface area contributed by atoms with Gasteiger partial charge >= 0.3 is 0 Å². The standard InChI is InChI=1S/C19H26N4OS/c1-3-11-23-18(16-9-10-16)20-21-19(23)25-14-17(24)13-22(2)12-15-7-5-4-6-8-15/h3-8,16-17,24H,1,9-14H2,2H3. The Hall–Kier alpha value is -1.63. The Morgan fingerprint density at radius 1 is 1.36 bits per heavy atom. The van der Waals surface area contributed by atoms with Crippen molar-refractivity contribution < 1.29 is 5.11 Å².